The van der Waals surface area contributed by atoms with Gasteiger partial charge in [0.1, 0.15) is 6.10 Å². The van der Waals surface area contributed by atoms with E-state index in [2.05, 4.69) is 22.4 Å². The number of ether oxygens (including phenoxy) is 2. The van der Waals surface area contributed by atoms with Crippen molar-refractivity contribution in [3.8, 4) is 11.5 Å². The zero-order valence-corrected chi connectivity index (χ0v) is 32.4. The summed E-state index contributed by atoms with van der Waals surface area (Å²) < 4.78 is 12.1. The van der Waals surface area contributed by atoms with Gasteiger partial charge in [0.15, 0.2) is 17.5 Å². The van der Waals surface area contributed by atoms with Gasteiger partial charge in [-0.05, 0) is 81.4 Å². The van der Waals surface area contributed by atoms with Gasteiger partial charge in [-0.15, -0.1) is 0 Å². The van der Waals surface area contributed by atoms with E-state index in [1.54, 1.807) is 21.6 Å². The molecule has 12 heteroatoms. The number of hydrogen-bond donors (Lipinski definition) is 4. The number of fused-ring (bicyclic) bond motifs is 4. The van der Waals surface area contributed by atoms with Gasteiger partial charge < -0.3 is 35.6 Å². The second-order valence-corrected chi connectivity index (χ2v) is 17.4. The molecule has 5 N–H and O–H groups in total. The molecule has 2 aromatic rings. The van der Waals surface area contributed by atoms with Gasteiger partial charge in [0.2, 0.25) is 5.91 Å². The van der Waals surface area contributed by atoms with Crippen LogP contribution in [0.4, 0.5) is 0 Å². The molecule has 3 unspecified atom stereocenters. The zero-order chi connectivity index (χ0) is 36.8. The van der Waals surface area contributed by atoms with Crippen LogP contribution in [-0.4, -0.2) is 76.0 Å². The number of phenols is 1. The van der Waals surface area contributed by atoms with Gasteiger partial charge in [0.25, 0.3) is 0 Å². The predicted octanol–water partition coefficient (Wildman–Crippen LogP) is 6.89. The minimum absolute atomic E-state index is 0.0414. The fraction of sp³-hybridized carbons (Fsp3) is 0.625. The number of phenolic OH excluding ortho intramolecular Hbond substituents is 1. The molecular weight excluding hydrogens is 697 g/mol. The molecular formula is C40H58N4O6S2. The Balaban J connectivity index is 1.40. The fourth-order valence-corrected chi connectivity index (χ4v) is 9.61. The molecule has 3 aliphatic rings. The van der Waals surface area contributed by atoms with Crippen LogP contribution in [0.25, 0.3) is 0 Å². The highest BCUT2D eigenvalue weighted by Gasteiger charge is 2.43. The largest absolute Gasteiger partial charge is 0.504 e. The Morgan fingerprint density at radius 3 is 2.60 bits per heavy atom. The van der Waals surface area contributed by atoms with Crippen molar-refractivity contribution in [1.82, 2.24) is 10.2 Å². The number of aromatic hydroxyl groups is 1. The number of rotatable bonds is 5. The van der Waals surface area contributed by atoms with Crippen LogP contribution >= 0.6 is 21.6 Å². The molecule has 2 fully saturated rings. The van der Waals surface area contributed by atoms with Crippen LogP contribution in [0.3, 0.4) is 0 Å². The van der Waals surface area contributed by atoms with Gasteiger partial charge >= 0.3 is 5.97 Å². The van der Waals surface area contributed by atoms with E-state index in [4.69, 9.17) is 15.2 Å². The predicted molar refractivity (Wildman–Crippen MR) is 210 cm³/mol. The number of esters is 1. The first-order valence-electron chi connectivity index (χ1n) is 19.1. The molecule has 1 aliphatic carbocycles. The van der Waals surface area contributed by atoms with Crippen LogP contribution in [0.5, 0.6) is 11.5 Å². The standard InChI is InChI=1S/C40H58N4O6S2/c1-29(45)49-35-17-16-31-21-32(38(48)36(22-31)50-34-14-8-9-15-34)26-44-27-40(25-37(44)47,24-30-11-5-4-6-12-30)18-19-42-39(41)43-28-52-51-20-10-3-2-7-13-33(46)23-35/h4-6,11-12,21-22,33-35,46,48H,2-3,7-10,13-20,23-28H2,1H3,(H3,41,42,43). The molecule has 2 heterocycles. The van der Waals surface area contributed by atoms with Crippen molar-refractivity contribution in [2.75, 3.05) is 24.7 Å². The van der Waals surface area contributed by atoms with Crippen molar-refractivity contribution in [2.24, 2.45) is 16.1 Å². The Kier molecular flexibility index (Phi) is 15.7. The number of aliphatic hydroxyl groups excluding tert-OH is 1. The molecule has 2 aromatic carbocycles. The Labute approximate surface area is 317 Å². The summed E-state index contributed by atoms with van der Waals surface area (Å²) in [5.74, 6) is 2.21. The van der Waals surface area contributed by atoms with Crippen molar-refractivity contribution >= 4 is 39.4 Å². The SMILES string of the molecule is CC(=O)OC1CCc2cc(c(O)c(OC3CCCC3)c2)CN2CC(Cc3ccccc3)(CCNC(N)=NCSSCCCCCCC(O)C1)CC2=O. The van der Waals surface area contributed by atoms with Crippen LogP contribution in [-0.2, 0) is 33.7 Å². The van der Waals surface area contributed by atoms with Crippen molar-refractivity contribution in [3.63, 3.8) is 0 Å². The number of benzene rings is 2. The Hall–Kier alpha value is -3.09. The topological polar surface area (TPSA) is 147 Å². The zero-order valence-electron chi connectivity index (χ0n) is 30.7. The van der Waals surface area contributed by atoms with Gasteiger partial charge in [-0.3, -0.25) is 9.59 Å². The van der Waals surface area contributed by atoms with Crippen molar-refractivity contribution in [3.05, 3.63) is 59.2 Å². The lowest BCUT2D eigenvalue weighted by molar-refractivity contribution is -0.148. The molecule has 5 rings (SSSR count). The Bertz CT molecular complexity index is 1470. The molecule has 10 nitrogen and oxygen atoms in total. The number of aliphatic imine (C=N–C) groups is 1. The number of aliphatic hydroxyl groups is 1. The van der Waals surface area contributed by atoms with E-state index < -0.39 is 12.2 Å². The number of carbonyl (C=O) groups is 2. The van der Waals surface area contributed by atoms with Crippen LogP contribution in [0.2, 0.25) is 0 Å². The number of carbonyl (C=O) groups excluding carboxylic acids is 2. The number of aryl methyl sites for hydroxylation is 1. The number of nitrogens with one attached hydrogen (secondary N) is 1. The summed E-state index contributed by atoms with van der Waals surface area (Å²) >= 11 is 0. The molecule has 1 saturated carbocycles. The number of guanidine groups is 1. The third-order valence-electron chi connectivity index (χ3n) is 10.5. The summed E-state index contributed by atoms with van der Waals surface area (Å²) in [4.78, 5) is 32.3. The van der Waals surface area contributed by atoms with Gasteiger partial charge in [-0.1, -0.05) is 77.2 Å². The van der Waals surface area contributed by atoms with E-state index in [0.717, 1.165) is 75.5 Å². The van der Waals surface area contributed by atoms with Crippen LogP contribution in [0.1, 0.15) is 107 Å². The lowest BCUT2D eigenvalue weighted by atomic mass is 9.77. The summed E-state index contributed by atoms with van der Waals surface area (Å²) in [5, 5.41) is 25.8. The normalized spacial score (nSPS) is 25.2. The maximum absolute atomic E-state index is 13.8. The van der Waals surface area contributed by atoms with Gasteiger partial charge in [0.05, 0.1) is 18.1 Å². The Morgan fingerprint density at radius 2 is 1.81 bits per heavy atom. The second-order valence-electron chi connectivity index (χ2n) is 14.9. The van der Waals surface area contributed by atoms with E-state index in [9.17, 15) is 19.8 Å². The molecule has 52 heavy (non-hydrogen) atoms. The smallest absolute Gasteiger partial charge is 0.302 e. The van der Waals surface area contributed by atoms with E-state index in [-0.39, 0.29) is 35.7 Å². The third-order valence-corrected chi connectivity index (χ3v) is 12.6. The van der Waals surface area contributed by atoms with Gasteiger partial charge in [-0.25, -0.2) is 4.99 Å². The van der Waals surface area contributed by atoms with Crippen molar-refractivity contribution in [2.45, 2.75) is 128 Å². The Morgan fingerprint density at radius 1 is 1.04 bits per heavy atom. The number of hydrogen-bond acceptors (Lipinski definition) is 11. The lowest BCUT2D eigenvalue weighted by Gasteiger charge is -2.30. The summed E-state index contributed by atoms with van der Waals surface area (Å²) in [6.45, 7) is 2.81. The van der Waals surface area contributed by atoms with E-state index in [0.29, 0.717) is 68.3 Å². The minimum atomic E-state index is -0.557. The highest BCUT2D eigenvalue weighted by Crippen LogP contribution is 2.41. The summed E-state index contributed by atoms with van der Waals surface area (Å²) in [5.41, 5.74) is 8.68. The second kappa shape index (κ2) is 20.4. The first-order valence-corrected chi connectivity index (χ1v) is 21.6. The summed E-state index contributed by atoms with van der Waals surface area (Å²) in [7, 11) is 3.48. The molecule has 1 saturated heterocycles. The molecule has 0 radical (unpaired) electrons. The van der Waals surface area contributed by atoms with Gasteiger partial charge in [0, 0.05) is 56.1 Å². The summed E-state index contributed by atoms with van der Waals surface area (Å²) in [6, 6.07) is 14.1. The number of nitrogens with zero attached hydrogens (tertiary/aromatic N) is 2. The maximum atomic E-state index is 13.8. The summed E-state index contributed by atoms with van der Waals surface area (Å²) in [6.07, 6.45) is 11.3. The molecule has 1 amide bonds. The van der Waals surface area contributed by atoms with E-state index >= 15 is 0 Å². The van der Waals surface area contributed by atoms with E-state index in [1.807, 2.05) is 35.2 Å². The molecule has 0 spiro atoms. The van der Waals surface area contributed by atoms with Crippen LogP contribution in [0.15, 0.2) is 47.5 Å². The molecule has 2 aliphatic heterocycles. The maximum Gasteiger partial charge on any atom is 0.302 e. The molecule has 3 atom stereocenters. The van der Waals surface area contributed by atoms with Crippen LogP contribution in [0, 0.1) is 5.41 Å². The highest BCUT2D eigenvalue weighted by molar-refractivity contribution is 8.76. The average Bonchev–Trinajstić information content (AvgIpc) is 3.73. The number of amides is 1. The lowest BCUT2D eigenvalue weighted by Crippen LogP contribution is -2.37. The quantitative estimate of drug-likeness (QED) is 0.188. The first kappa shape index (κ1) is 40.1. The number of nitrogens with two attached hydrogens (primary N) is 1. The van der Waals surface area contributed by atoms with Crippen LogP contribution < -0.4 is 15.8 Å². The molecule has 0 aromatic heterocycles. The molecule has 286 valence electrons. The monoisotopic (exact) mass is 754 g/mol. The highest BCUT2D eigenvalue weighted by atomic mass is 33.1. The van der Waals surface area contributed by atoms with Crippen molar-refractivity contribution < 1.29 is 29.3 Å². The van der Waals surface area contributed by atoms with E-state index in [1.165, 1.54) is 12.5 Å². The van der Waals surface area contributed by atoms with Gasteiger partial charge in [-0.2, -0.15) is 0 Å². The first-order chi connectivity index (χ1) is 25.2. The fourth-order valence-electron chi connectivity index (χ4n) is 7.81. The molecule has 4 bridgehead atoms. The third kappa shape index (κ3) is 12.8. The minimum Gasteiger partial charge on any atom is -0.504 e. The van der Waals surface area contributed by atoms with Crippen molar-refractivity contribution in [1.29, 1.82) is 0 Å². The average molecular weight is 755 g/mol.